The van der Waals surface area contributed by atoms with Crippen molar-refractivity contribution >= 4 is 11.7 Å². The number of hydrogen-bond acceptors (Lipinski definition) is 5. The number of nitrogens with one attached hydrogen (secondary N) is 1. The average molecular weight is 344 g/mol. The van der Waals surface area contributed by atoms with Gasteiger partial charge >= 0.3 is 0 Å². The summed E-state index contributed by atoms with van der Waals surface area (Å²) in [5, 5.41) is 17.2. The molecule has 1 aromatic carbocycles. The maximum absolute atomic E-state index is 12.4. The van der Waals surface area contributed by atoms with E-state index in [0.717, 1.165) is 17.0 Å². The topological polar surface area (TPSA) is 79.6 Å². The van der Waals surface area contributed by atoms with E-state index in [0.29, 0.717) is 18.8 Å². The highest BCUT2D eigenvalue weighted by molar-refractivity contribution is 5.91. The van der Waals surface area contributed by atoms with Crippen LogP contribution < -0.4 is 10.1 Å². The van der Waals surface area contributed by atoms with Crippen LogP contribution in [0.25, 0.3) is 0 Å². The Bertz CT molecular complexity index is 759. The number of benzene rings is 1. The molecule has 1 saturated heterocycles. The van der Waals surface area contributed by atoms with Gasteiger partial charge in [0.05, 0.1) is 25.5 Å². The zero-order valence-corrected chi connectivity index (χ0v) is 14.8. The number of methoxy groups -OCH3 is 1. The molecule has 0 unspecified atom stereocenters. The van der Waals surface area contributed by atoms with Gasteiger partial charge in [-0.3, -0.25) is 14.4 Å². The van der Waals surface area contributed by atoms with Crippen LogP contribution in [0.15, 0.2) is 30.3 Å². The standard InChI is InChI=1S/C18H24N4O3/c1-12-7-17(21(2)20-12)19-18(24)11-22-10-14(23)9-16(22)13-5-4-6-15(8-13)25-3/h4-8,14,16,23H,9-11H2,1-3H3,(H,19,24)/t14-,16+/m0/s1. The molecule has 134 valence electrons. The highest BCUT2D eigenvalue weighted by Gasteiger charge is 2.33. The molecule has 0 saturated carbocycles. The zero-order valence-electron chi connectivity index (χ0n) is 14.8. The Labute approximate surface area is 147 Å². The summed E-state index contributed by atoms with van der Waals surface area (Å²) in [7, 11) is 3.42. The van der Waals surface area contributed by atoms with E-state index >= 15 is 0 Å². The molecular formula is C18H24N4O3. The summed E-state index contributed by atoms with van der Waals surface area (Å²) >= 11 is 0. The summed E-state index contributed by atoms with van der Waals surface area (Å²) < 4.78 is 6.93. The van der Waals surface area contributed by atoms with E-state index in [-0.39, 0.29) is 18.5 Å². The third-order valence-electron chi connectivity index (χ3n) is 4.48. The molecule has 1 aliphatic rings. The van der Waals surface area contributed by atoms with Crippen molar-refractivity contribution in [2.24, 2.45) is 7.05 Å². The Morgan fingerprint density at radius 3 is 2.92 bits per heavy atom. The molecule has 2 aromatic rings. The molecule has 7 heteroatoms. The molecule has 0 aliphatic carbocycles. The molecule has 25 heavy (non-hydrogen) atoms. The van der Waals surface area contributed by atoms with E-state index in [9.17, 15) is 9.90 Å². The summed E-state index contributed by atoms with van der Waals surface area (Å²) in [5.74, 6) is 1.32. The lowest BCUT2D eigenvalue weighted by molar-refractivity contribution is -0.117. The number of nitrogens with zero attached hydrogens (tertiary/aromatic N) is 3. The smallest absolute Gasteiger partial charge is 0.239 e. The van der Waals surface area contributed by atoms with E-state index in [1.54, 1.807) is 18.8 Å². The minimum absolute atomic E-state index is 0.0101. The predicted octanol–water partition coefficient (Wildman–Crippen LogP) is 1.48. The number of carbonyl (C=O) groups is 1. The van der Waals surface area contributed by atoms with Crippen molar-refractivity contribution in [2.75, 3.05) is 25.5 Å². The first-order valence-electron chi connectivity index (χ1n) is 8.33. The molecule has 2 N–H and O–H groups in total. The van der Waals surface area contributed by atoms with Gasteiger partial charge in [0.2, 0.25) is 5.91 Å². The molecule has 0 radical (unpaired) electrons. The molecule has 1 amide bonds. The SMILES string of the molecule is COc1cccc([C@H]2C[C@H](O)CN2CC(=O)Nc2cc(C)nn2C)c1. The first-order valence-corrected chi connectivity index (χ1v) is 8.33. The number of anilines is 1. The molecule has 1 aliphatic heterocycles. The Morgan fingerprint density at radius 1 is 1.44 bits per heavy atom. The number of carbonyl (C=O) groups excluding carboxylic acids is 1. The second-order valence-corrected chi connectivity index (χ2v) is 6.45. The summed E-state index contributed by atoms with van der Waals surface area (Å²) in [4.78, 5) is 14.4. The molecule has 3 rings (SSSR count). The van der Waals surface area contributed by atoms with Crippen LogP contribution in [-0.2, 0) is 11.8 Å². The van der Waals surface area contributed by atoms with Gasteiger partial charge in [-0.15, -0.1) is 0 Å². The number of aryl methyl sites for hydroxylation is 2. The van der Waals surface area contributed by atoms with E-state index in [2.05, 4.69) is 10.4 Å². The number of aliphatic hydroxyl groups is 1. The molecule has 2 atom stereocenters. The number of aliphatic hydroxyl groups excluding tert-OH is 1. The lowest BCUT2D eigenvalue weighted by Gasteiger charge is -2.24. The van der Waals surface area contributed by atoms with Gasteiger partial charge in [0, 0.05) is 25.7 Å². The highest BCUT2D eigenvalue weighted by atomic mass is 16.5. The number of amides is 1. The summed E-state index contributed by atoms with van der Waals surface area (Å²) in [6.07, 6.45) is 0.161. The van der Waals surface area contributed by atoms with Crippen LogP contribution >= 0.6 is 0 Å². The summed E-state index contributed by atoms with van der Waals surface area (Å²) in [6.45, 7) is 2.56. The Kier molecular flexibility index (Phi) is 5.06. The molecule has 1 fully saturated rings. The number of ether oxygens (including phenoxy) is 1. The molecule has 1 aromatic heterocycles. The number of hydrogen-bond donors (Lipinski definition) is 2. The third-order valence-corrected chi connectivity index (χ3v) is 4.48. The van der Waals surface area contributed by atoms with Crippen LogP contribution in [0.2, 0.25) is 0 Å². The summed E-state index contributed by atoms with van der Waals surface area (Å²) in [6, 6.07) is 9.59. The van der Waals surface area contributed by atoms with Crippen LogP contribution in [0.4, 0.5) is 5.82 Å². The van der Waals surface area contributed by atoms with E-state index < -0.39 is 6.10 Å². The predicted molar refractivity (Wildman–Crippen MR) is 94.5 cm³/mol. The van der Waals surface area contributed by atoms with Crippen molar-refractivity contribution in [2.45, 2.75) is 25.5 Å². The van der Waals surface area contributed by atoms with E-state index in [4.69, 9.17) is 4.74 Å². The van der Waals surface area contributed by atoms with Gasteiger partial charge in [-0.1, -0.05) is 12.1 Å². The summed E-state index contributed by atoms with van der Waals surface area (Å²) in [5.41, 5.74) is 1.89. The van der Waals surface area contributed by atoms with Gasteiger partial charge in [0.1, 0.15) is 11.6 Å². The highest BCUT2D eigenvalue weighted by Crippen LogP contribution is 2.33. The minimum Gasteiger partial charge on any atom is -0.497 e. The molecule has 7 nitrogen and oxygen atoms in total. The fraction of sp³-hybridized carbons (Fsp3) is 0.444. The van der Waals surface area contributed by atoms with Crippen molar-refractivity contribution in [3.8, 4) is 5.75 Å². The maximum Gasteiger partial charge on any atom is 0.239 e. The largest absolute Gasteiger partial charge is 0.497 e. The van der Waals surface area contributed by atoms with Gasteiger partial charge in [-0.25, -0.2) is 0 Å². The van der Waals surface area contributed by atoms with Crippen molar-refractivity contribution in [1.29, 1.82) is 0 Å². The second kappa shape index (κ2) is 7.25. The first-order chi connectivity index (χ1) is 12.0. The third kappa shape index (κ3) is 4.00. The fourth-order valence-corrected chi connectivity index (χ4v) is 3.34. The minimum atomic E-state index is -0.442. The monoisotopic (exact) mass is 344 g/mol. The Balaban J connectivity index is 1.71. The average Bonchev–Trinajstić information content (AvgIpc) is 3.09. The van der Waals surface area contributed by atoms with Gasteiger partial charge in [0.15, 0.2) is 0 Å². The van der Waals surface area contributed by atoms with Gasteiger partial charge in [-0.05, 0) is 31.0 Å². The van der Waals surface area contributed by atoms with Crippen LogP contribution in [0.5, 0.6) is 5.75 Å². The van der Waals surface area contributed by atoms with Crippen molar-refractivity contribution in [1.82, 2.24) is 14.7 Å². The lowest BCUT2D eigenvalue weighted by Crippen LogP contribution is -2.34. The zero-order chi connectivity index (χ0) is 18.0. The van der Waals surface area contributed by atoms with Gasteiger partial charge < -0.3 is 15.2 Å². The van der Waals surface area contributed by atoms with Crippen molar-refractivity contribution in [3.05, 3.63) is 41.6 Å². The number of likely N-dealkylation sites (tertiary alicyclic amines) is 1. The maximum atomic E-state index is 12.4. The van der Waals surface area contributed by atoms with Crippen molar-refractivity contribution < 1.29 is 14.6 Å². The number of aromatic nitrogens is 2. The fourth-order valence-electron chi connectivity index (χ4n) is 3.34. The van der Waals surface area contributed by atoms with Crippen LogP contribution in [0.1, 0.15) is 23.7 Å². The van der Waals surface area contributed by atoms with Gasteiger partial charge in [-0.2, -0.15) is 5.10 Å². The van der Waals surface area contributed by atoms with E-state index in [1.807, 2.05) is 42.2 Å². The quantitative estimate of drug-likeness (QED) is 0.859. The van der Waals surface area contributed by atoms with Crippen LogP contribution in [0, 0.1) is 6.92 Å². The van der Waals surface area contributed by atoms with Gasteiger partial charge in [0.25, 0.3) is 0 Å². The molecule has 2 heterocycles. The number of rotatable bonds is 5. The Hall–Kier alpha value is -2.38. The van der Waals surface area contributed by atoms with Crippen LogP contribution in [0.3, 0.4) is 0 Å². The molecule has 0 spiro atoms. The molecular weight excluding hydrogens is 320 g/mol. The lowest BCUT2D eigenvalue weighted by atomic mass is 10.0. The Morgan fingerprint density at radius 2 is 2.24 bits per heavy atom. The number of β-amino-alcohol motifs (C(OH)–C–C–N with tert-alkyl or cyclic N) is 1. The van der Waals surface area contributed by atoms with Crippen LogP contribution in [-0.4, -0.2) is 52.0 Å². The van der Waals surface area contributed by atoms with Crippen molar-refractivity contribution in [3.63, 3.8) is 0 Å². The normalized spacial score (nSPS) is 20.6. The molecule has 0 bridgehead atoms. The second-order valence-electron chi connectivity index (χ2n) is 6.45. The van der Waals surface area contributed by atoms with E-state index in [1.165, 1.54) is 0 Å². The first kappa shape index (κ1) is 17.4.